The van der Waals surface area contributed by atoms with Gasteiger partial charge in [0.2, 0.25) is 10.0 Å². The largest absolute Gasteiger partial charge is 0.315 e. The monoisotopic (exact) mass is 241 g/mol. The Kier molecular flexibility index (Phi) is 3.40. The highest BCUT2D eigenvalue weighted by molar-refractivity contribution is 7.93. The molecule has 2 N–H and O–H groups in total. The van der Waals surface area contributed by atoms with Crippen LogP contribution in [0.5, 0.6) is 0 Å². The molecule has 6 heteroatoms. The average molecular weight is 241 g/mol. The number of sulfonamides is 1. The number of anilines is 1. The number of hydrogen-bond acceptors (Lipinski definition) is 4. The van der Waals surface area contributed by atoms with Crippen LogP contribution in [-0.2, 0) is 10.0 Å². The molecule has 2 rings (SSSR count). The van der Waals surface area contributed by atoms with Gasteiger partial charge in [-0.2, -0.15) is 0 Å². The van der Waals surface area contributed by atoms with E-state index in [-0.39, 0.29) is 5.25 Å². The summed E-state index contributed by atoms with van der Waals surface area (Å²) in [5.41, 5.74) is 0.570. The molecule has 1 aromatic heterocycles. The maximum absolute atomic E-state index is 12.0. The van der Waals surface area contributed by atoms with E-state index in [9.17, 15) is 8.42 Å². The van der Waals surface area contributed by atoms with Gasteiger partial charge in [0.1, 0.15) is 0 Å². The number of nitrogens with zero attached hydrogens (tertiary/aromatic N) is 1. The van der Waals surface area contributed by atoms with Gasteiger partial charge in [0, 0.05) is 18.9 Å². The zero-order chi connectivity index (χ0) is 11.4. The fourth-order valence-corrected chi connectivity index (χ4v) is 3.20. The number of pyridine rings is 1. The van der Waals surface area contributed by atoms with Gasteiger partial charge in [0.15, 0.2) is 0 Å². The molecule has 1 unspecified atom stereocenters. The van der Waals surface area contributed by atoms with Gasteiger partial charge in [-0.1, -0.05) is 0 Å². The summed E-state index contributed by atoms with van der Waals surface area (Å²) in [5.74, 6) is 0. The van der Waals surface area contributed by atoms with Gasteiger partial charge in [-0.25, -0.2) is 8.42 Å². The van der Waals surface area contributed by atoms with E-state index in [1.165, 1.54) is 0 Å². The minimum Gasteiger partial charge on any atom is -0.315 e. The van der Waals surface area contributed by atoms with Gasteiger partial charge >= 0.3 is 0 Å². The average Bonchev–Trinajstić information content (AvgIpc) is 2.31. The zero-order valence-corrected chi connectivity index (χ0v) is 9.70. The Labute approximate surface area is 95.3 Å². The van der Waals surface area contributed by atoms with Crippen LogP contribution in [0.15, 0.2) is 24.5 Å². The maximum Gasteiger partial charge on any atom is 0.236 e. The summed E-state index contributed by atoms with van der Waals surface area (Å²) in [6.45, 7) is 1.43. The molecule has 0 aromatic carbocycles. The molecular weight excluding hydrogens is 226 g/mol. The normalized spacial score (nSPS) is 21.6. The molecule has 1 saturated heterocycles. The smallest absolute Gasteiger partial charge is 0.236 e. The SMILES string of the molecule is O=S(=O)(Nc1ccncc1)C1CCCNC1. The predicted molar refractivity (Wildman–Crippen MR) is 62.7 cm³/mol. The fraction of sp³-hybridized carbons (Fsp3) is 0.500. The first kappa shape index (κ1) is 11.3. The summed E-state index contributed by atoms with van der Waals surface area (Å²) >= 11 is 0. The Hall–Kier alpha value is -1.14. The molecule has 0 aliphatic carbocycles. The third-order valence-corrected chi connectivity index (χ3v) is 4.43. The van der Waals surface area contributed by atoms with Crippen LogP contribution >= 0.6 is 0 Å². The lowest BCUT2D eigenvalue weighted by molar-refractivity contribution is 0.499. The number of hydrogen-bond donors (Lipinski definition) is 2. The van der Waals surface area contributed by atoms with Gasteiger partial charge in [-0.05, 0) is 31.5 Å². The number of piperidine rings is 1. The Morgan fingerprint density at radius 2 is 2.12 bits per heavy atom. The van der Waals surface area contributed by atoms with Crippen molar-refractivity contribution in [2.75, 3.05) is 17.8 Å². The summed E-state index contributed by atoms with van der Waals surface area (Å²) in [7, 11) is -3.28. The number of nitrogens with one attached hydrogen (secondary N) is 2. The van der Waals surface area contributed by atoms with Crippen molar-refractivity contribution in [3.8, 4) is 0 Å². The number of aromatic nitrogens is 1. The highest BCUT2D eigenvalue weighted by Crippen LogP contribution is 2.15. The molecule has 1 atom stereocenters. The van der Waals surface area contributed by atoms with Crippen molar-refractivity contribution in [1.29, 1.82) is 0 Å². The minimum atomic E-state index is -3.28. The van der Waals surface area contributed by atoms with E-state index in [0.717, 1.165) is 13.0 Å². The lowest BCUT2D eigenvalue weighted by Crippen LogP contribution is -2.41. The zero-order valence-electron chi connectivity index (χ0n) is 8.89. The second kappa shape index (κ2) is 4.80. The van der Waals surface area contributed by atoms with Crippen LogP contribution in [0.3, 0.4) is 0 Å². The molecule has 0 saturated carbocycles. The van der Waals surface area contributed by atoms with E-state index >= 15 is 0 Å². The molecule has 1 aliphatic heterocycles. The van der Waals surface area contributed by atoms with Gasteiger partial charge in [-0.15, -0.1) is 0 Å². The van der Waals surface area contributed by atoms with Crippen LogP contribution in [0.1, 0.15) is 12.8 Å². The predicted octanol–water partition coefficient (Wildman–Crippen LogP) is 0.575. The van der Waals surface area contributed by atoms with Gasteiger partial charge < -0.3 is 5.32 Å². The highest BCUT2D eigenvalue weighted by atomic mass is 32.2. The Morgan fingerprint density at radius 3 is 2.75 bits per heavy atom. The Morgan fingerprint density at radius 1 is 1.38 bits per heavy atom. The first-order valence-corrected chi connectivity index (χ1v) is 6.85. The van der Waals surface area contributed by atoms with Crippen LogP contribution in [0.2, 0.25) is 0 Å². The van der Waals surface area contributed by atoms with Crippen LogP contribution in [-0.4, -0.2) is 31.7 Å². The van der Waals surface area contributed by atoms with Gasteiger partial charge in [-0.3, -0.25) is 9.71 Å². The molecule has 0 radical (unpaired) electrons. The Balaban J connectivity index is 2.08. The van der Waals surface area contributed by atoms with E-state index in [1.54, 1.807) is 24.5 Å². The van der Waals surface area contributed by atoms with Gasteiger partial charge in [0.25, 0.3) is 0 Å². The topological polar surface area (TPSA) is 71.1 Å². The minimum absolute atomic E-state index is 0.339. The van der Waals surface area contributed by atoms with Gasteiger partial charge in [0.05, 0.1) is 10.9 Å². The fourth-order valence-electron chi connectivity index (χ4n) is 1.75. The molecular formula is C10H15N3O2S. The lowest BCUT2D eigenvalue weighted by atomic mass is 10.2. The van der Waals surface area contributed by atoms with E-state index in [0.29, 0.717) is 18.7 Å². The van der Waals surface area contributed by atoms with Crippen LogP contribution in [0, 0.1) is 0 Å². The molecule has 88 valence electrons. The van der Waals surface area contributed by atoms with E-state index < -0.39 is 10.0 Å². The second-order valence-corrected chi connectivity index (χ2v) is 5.81. The van der Waals surface area contributed by atoms with Crippen LogP contribution < -0.4 is 10.0 Å². The van der Waals surface area contributed by atoms with Crippen molar-refractivity contribution in [3.05, 3.63) is 24.5 Å². The quantitative estimate of drug-likeness (QED) is 0.812. The first-order valence-electron chi connectivity index (χ1n) is 5.31. The summed E-state index contributed by atoms with van der Waals surface area (Å²) in [6.07, 6.45) is 4.75. The Bertz CT molecular complexity index is 427. The summed E-state index contributed by atoms with van der Waals surface area (Å²) in [4.78, 5) is 3.84. The van der Waals surface area contributed by atoms with Crippen molar-refractivity contribution >= 4 is 15.7 Å². The van der Waals surface area contributed by atoms with E-state index in [2.05, 4.69) is 15.0 Å². The van der Waals surface area contributed by atoms with Crippen molar-refractivity contribution in [1.82, 2.24) is 10.3 Å². The van der Waals surface area contributed by atoms with Crippen LogP contribution in [0.4, 0.5) is 5.69 Å². The van der Waals surface area contributed by atoms with Crippen LogP contribution in [0.25, 0.3) is 0 Å². The molecule has 1 aromatic rings. The van der Waals surface area contributed by atoms with Crippen molar-refractivity contribution in [2.24, 2.45) is 0 Å². The lowest BCUT2D eigenvalue weighted by Gasteiger charge is -2.23. The summed E-state index contributed by atoms with van der Waals surface area (Å²) < 4.78 is 26.5. The van der Waals surface area contributed by atoms with E-state index in [4.69, 9.17) is 0 Å². The third-order valence-electron chi connectivity index (χ3n) is 2.63. The second-order valence-electron chi connectivity index (χ2n) is 3.85. The molecule has 0 amide bonds. The summed E-state index contributed by atoms with van der Waals surface area (Å²) in [5, 5.41) is 2.76. The third kappa shape index (κ3) is 2.70. The standard InChI is InChI=1S/C10H15N3O2S/c14-16(15,10-2-1-5-12-8-10)13-9-3-6-11-7-4-9/h3-4,6-7,10,12H,1-2,5,8H2,(H,11,13). The van der Waals surface area contributed by atoms with Crippen molar-refractivity contribution in [2.45, 2.75) is 18.1 Å². The first-order chi connectivity index (χ1) is 7.68. The van der Waals surface area contributed by atoms with E-state index in [1.807, 2.05) is 0 Å². The van der Waals surface area contributed by atoms with Crippen molar-refractivity contribution in [3.63, 3.8) is 0 Å². The number of rotatable bonds is 3. The molecule has 1 aliphatic rings. The molecule has 0 spiro atoms. The molecule has 16 heavy (non-hydrogen) atoms. The molecule has 2 heterocycles. The molecule has 0 bridgehead atoms. The highest BCUT2D eigenvalue weighted by Gasteiger charge is 2.26. The summed E-state index contributed by atoms with van der Waals surface area (Å²) in [6, 6.07) is 3.29. The maximum atomic E-state index is 12.0. The van der Waals surface area contributed by atoms with Crippen molar-refractivity contribution < 1.29 is 8.42 Å². The molecule has 1 fully saturated rings. The molecule has 5 nitrogen and oxygen atoms in total.